The Hall–Kier alpha value is -2.34. The Kier molecular flexibility index (Phi) is 7.09. The molecule has 0 aliphatic carbocycles. The third kappa shape index (κ3) is 5.35. The van der Waals surface area contributed by atoms with Crippen molar-refractivity contribution < 1.29 is 4.74 Å². The summed E-state index contributed by atoms with van der Waals surface area (Å²) in [5, 5.41) is 10.6. The Morgan fingerprint density at radius 3 is 2.50 bits per heavy atom. The van der Waals surface area contributed by atoms with Crippen LogP contribution < -0.4 is 15.5 Å². The molecule has 0 spiro atoms. The molecule has 3 aromatic rings. The van der Waals surface area contributed by atoms with Crippen molar-refractivity contribution in [1.82, 2.24) is 10.7 Å². The first-order valence-corrected chi connectivity index (χ1v) is 9.89. The molecule has 0 amide bonds. The van der Waals surface area contributed by atoms with Gasteiger partial charge in [-0.25, -0.2) is 0 Å². The van der Waals surface area contributed by atoms with Gasteiger partial charge in [-0.1, -0.05) is 59.6 Å². The van der Waals surface area contributed by atoms with Gasteiger partial charge in [0.25, 0.3) is 0 Å². The number of thiocarbonyl (C=S) groups is 1. The molecular weight excluding hydrogens is 413 g/mol. The van der Waals surface area contributed by atoms with Gasteiger partial charge in [0.2, 0.25) is 0 Å². The van der Waals surface area contributed by atoms with Crippen LogP contribution in [0.1, 0.15) is 18.1 Å². The summed E-state index contributed by atoms with van der Waals surface area (Å²) in [6.07, 6.45) is 1.59. The molecule has 2 N–H and O–H groups in total. The van der Waals surface area contributed by atoms with Crippen LogP contribution in [-0.2, 0) is 6.61 Å². The molecule has 0 aliphatic rings. The second kappa shape index (κ2) is 9.73. The molecule has 0 radical (unpaired) electrons. The number of fused-ring (bicyclic) bond motifs is 1. The van der Waals surface area contributed by atoms with Crippen molar-refractivity contribution in [2.45, 2.75) is 13.5 Å². The molecule has 0 saturated carbocycles. The Balaban J connectivity index is 1.68. The van der Waals surface area contributed by atoms with E-state index in [1.807, 2.05) is 25.1 Å². The number of benzene rings is 3. The van der Waals surface area contributed by atoms with Crippen molar-refractivity contribution in [3.63, 3.8) is 0 Å². The lowest BCUT2D eigenvalue weighted by molar-refractivity contribution is 0.307. The molecule has 3 rings (SSSR count). The predicted molar refractivity (Wildman–Crippen MR) is 122 cm³/mol. The lowest BCUT2D eigenvalue weighted by Gasteiger charge is -2.11. The summed E-state index contributed by atoms with van der Waals surface area (Å²) in [6, 6.07) is 17.9. The van der Waals surface area contributed by atoms with E-state index in [-0.39, 0.29) is 0 Å². The minimum absolute atomic E-state index is 0.371. The summed E-state index contributed by atoms with van der Waals surface area (Å²) in [7, 11) is 0. The van der Waals surface area contributed by atoms with Gasteiger partial charge in [0, 0.05) is 6.54 Å². The maximum absolute atomic E-state index is 6.36. The van der Waals surface area contributed by atoms with Crippen LogP contribution in [0.4, 0.5) is 0 Å². The van der Waals surface area contributed by atoms with Gasteiger partial charge in [-0.15, -0.1) is 0 Å². The largest absolute Gasteiger partial charge is 0.486 e. The van der Waals surface area contributed by atoms with Crippen LogP contribution >= 0.6 is 35.4 Å². The minimum atomic E-state index is 0.371. The smallest absolute Gasteiger partial charge is 0.186 e. The van der Waals surface area contributed by atoms with Crippen molar-refractivity contribution in [2.75, 3.05) is 6.54 Å². The number of hydrogen-bond donors (Lipinski definition) is 2. The van der Waals surface area contributed by atoms with E-state index >= 15 is 0 Å². The van der Waals surface area contributed by atoms with Gasteiger partial charge in [0.05, 0.1) is 16.3 Å². The van der Waals surface area contributed by atoms with E-state index in [4.69, 9.17) is 40.2 Å². The highest BCUT2D eigenvalue weighted by atomic mass is 35.5. The molecule has 3 aromatic carbocycles. The maximum atomic E-state index is 6.36. The van der Waals surface area contributed by atoms with E-state index in [0.29, 0.717) is 27.5 Å². The zero-order valence-electron chi connectivity index (χ0n) is 15.2. The lowest BCUT2D eigenvalue weighted by atomic mass is 10.1. The Bertz CT molecular complexity index is 1000. The highest BCUT2D eigenvalue weighted by Crippen LogP contribution is 2.34. The molecule has 0 aliphatic heterocycles. The number of hydrogen-bond acceptors (Lipinski definition) is 3. The monoisotopic (exact) mass is 431 g/mol. The Morgan fingerprint density at radius 2 is 1.79 bits per heavy atom. The van der Waals surface area contributed by atoms with Crippen LogP contribution in [0.25, 0.3) is 10.8 Å². The van der Waals surface area contributed by atoms with E-state index in [1.165, 1.54) is 5.39 Å². The highest BCUT2D eigenvalue weighted by molar-refractivity contribution is 7.80. The van der Waals surface area contributed by atoms with E-state index in [9.17, 15) is 0 Å². The normalized spacial score (nSPS) is 11.0. The molecule has 144 valence electrons. The first-order chi connectivity index (χ1) is 13.6. The molecule has 0 atom stereocenters. The molecule has 28 heavy (non-hydrogen) atoms. The van der Waals surface area contributed by atoms with Gasteiger partial charge < -0.3 is 10.1 Å². The lowest BCUT2D eigenvalue weighted by Crippen LogP contribution is -2.31. The number of nitrogens with zero attached hydrogens (tertiary/aromatic N) is 1. The van der Waals surface area contributed by atoms with Crippen LogP contribution in [0.2, 0.25) is 10.0 Å². The zero-order valence-corrected chi connectivity index (χ0v) is 17.5. The summed E-state index contributed by atoms with van der Waals surface area (Å²) in [6.45, 7) is 3.05. The van der Waals surface area contributed by atoms with E-state index in [0.717, 1.165) is 23.1 Å². The van der Waals surface area contributed by atoms with Gasteiger partial charge in [-0.05, 0) is 59.2 Å². The third-order valence-corrected chi connectivity index (χ3v) is 4.73. The topological polar surface area (TPSA) is 45.7 Å². The zero-order chi connectivity index (χ0) is 19.9. The number of ether oxygens (including phenoxy) is 1. The van der Waals surface area contributed by atoms with Crippen molar-refractivity contribution in [3.8, 4) is 5.75 Å². The Labute approximate surface area is 179 Å². The van der Waals surface area contributed by atoms with Crippen molar-refractivity contribution in [2.24, 2.45) is 5.10 Å². The molecule has 0 saturated heterocycles. The van der Waals surface area contributed by atoms with Crippen LogP contribution in [0.5, 0.6) is 5.75 Å². The van der Waals surface area contributed by atoms with E-state index in [1.54, 1.807) is 18.3 Å². The minimum Gasteiger partial charge on any atom is -0.486 e. The number of rotatable bonds is 6. The summed E-state index contributed by atoms with van der Waals surface area (Å²) < 4.78 is 5.88. The standard InChI is InChI=1S/C21H19Cl2N3OS/c1-2-24-21(28)26-25-12-15-10-18(22)20(19(23)11-15)27-13-14-7-8-16-5-3-4-6-17(16)9-14/h3-12H,2,13H2,1H3,(H2,24,26,28). The van der Waals surface area contributed by atoms with Gasteiger partial charge in [0.15, 0.2) is 10.9 Å². The second-order valence-electron chi connectivity index (χ2n) is 6.01. The fraction of sp³-hybridized carbons (Fsp3) is 0.143. The molecule has 0 heterocycles. The summed E-state index contributed by atoms with van der Waals surface area (Å²) in [5.41, 5.74) is 4.49. The van der Waals surface area contributed by atoms with E-state index in [2.05, 4.69) is 40.1 Å². The molecule has 0 unspecified atom stereocenters. The molecular formula is C21H19Cl2N3OS. The molecule has 7 heteroatoms. The molecule has 0 fully saturated rings. The predicted octanol–water partition coefficient (Wildman–Crippen LogP) is 5.54. The SMILES string of the molecule is CCNC(=S)NN=Cc1cc(Cl)c(OCc2ccc3ccccc3c2)c(Cl)c1. The first-order valence-electron chi connectivity index (χ1n) is 8.73. The van der Waals surface area contributed by atoms with Crippen molar-refractivity contribution >= 4 is 57.5 Å². The van der Waals surface area contributed by atoms with Crippen molar-refractivity contribution in [3.05, 3.63) is 75.8 Å². The molecule has 0 bridgehead atoms. The summed E-state index contributed by atoms with van der Waals surface area (Å²) in [5.74, 6) is 0.449. The van der Waals surface area contributed by atoms with Gasteiger partial charge >= 0.3 is 0 Å². The van der Waals surface area contributed by atoms with Gasteiger partial charge in [0.1, 0.15) is 6.61 Å². The fourth-order valence-corrected chi connectivity index (χ4v) is 3.45. The van der Waals surface area contributed by atoms with Crippen LogP contribution in [0.3, 0.4) is 0 Å². The average Bonchev–Trinajstić information content (AvgIpc) is 2.67. The fourth-order valence-electron chi connectivity index (χ4n) is 2.64. The van der Waals surface area contributed by atoms with Crippen molar-refractivity contribution in [1.29, 1.82) is 0 Å². The first kappa shape index (κ1) is 20.4. The van der Waals surface area contributed by atoms with Gasteiger partial charge in [-0.2, -0.15) is 5.10 Å². The second-order valence-corrected chi connectivity index (χ2v) is 7.24. The average molecular weight is 432 g/mol. The van der Waals surface area contributed by atoms with E-state index < -0.39 is 0 Å². The third-order valence-electron chi connectivity index (χ3n) is 3.93. The summed E-state index contributed by atoms with van der Waals surface area (Å²) in [4.78, 5) is 0. The van der Waals surface area contributed by atoms with Crippen LogP contribution in [0, 0.1) is 0 Å². The summed E-state index contributed by atoms with van der Waals surface area (Å²) >= 11 is 17.8. The highest BCUT2D eigenvalue weighted by Gasteiger charge is 2.10. The quantitative estimate of drug-likeness (QED) is 0.305. The maximum Gasteiger partial charge on any atom is 0.186 e. The number of hydrazone groups is 1. The van der Waals surface area contributed by atoms with Gasteiger partial charge in [-0.3, -0.25) is 5.43 Å². The number of nitrogens with one attached hydrogen (secondary N) is 2. The van der Waals surface area contributed by atoms with Crippen LogP contribution in [-0.4, -0.2) is 17.9 Å². The van der Waals surface area contributed by atoms with Crippen LogP contribution in [0.15, 0.2) is 59.7 Å². The Morgan fingerprint density at radius 1 is 1.07 bits per heavy atom. The number of halogens is 2. The molecule has 4 nitrogen and oxygen atoms in total. The molecule has 0 aromatic heterocycles.